The van der Waals surface area contributed by atoms with Crippen molar-refractivity contribution in [2.24, 2.45) is 5.92 Å². The van der Waals surface area contributed by atoms with Gasteiger partial charge in [0.1, 0.15) is 0 Å². The first kappa shape index (κ1) is 15.2. The summed E-state index contributed by atoms with van der Waals surface area (Å²) in [6.45, 7) is 5.57. The van der Waals surface area contributed by atoms with Gasteiger partial charge in [0.25, 0.3) is 0 Å². The third-order valence-corrected chi connectivity index (χ3v) is 5.02. The summed E-state index contributed by atoms with van der Waals surface area (Å²) in [4.78, 5) is 18.8. The molecule has 0 unspecified atom stereocenters. The summed E-state index contributed by atoms with van der Waals surface area (Å²) >= 11 is 1.61. The molecule has 6 heteroatoms. The van der Waals surface area contributed by atoms with Crippen molar-refractivity contribution in [3.8, 4) is 11.4 Å². The van der Waals surface area contributed by atoms with E-state index in [9.17, 15) is 4.79 Å². The largest absolute Gasteiger partial charge is 0.342 e. The van der Waals surface area contributed by atoms with E-state index < -0.39 is 0 Å². The molecule has 1 aliphatic heterocycles. The van der Waals surface area contributed by atoms with Crippen LogP contribution < -0.4 is 0 Å². The number of carbonyl (C=O) groups is 1. The molecular weight excluding hydrogens is 298 g/mol. The zero-order valence-electron chi connectivity index (χ0n) is 13.0. The second-order valence-corrected chi connectivity index (χ2v) is 6.68. The SMILES string of the molecule is CC[C@@H](C)C(=O)N1CCC[C@@H](c2nc(-c3ccsc3)no2)C1. The van der Waals surface area contributed by atoms with Crippen molar-refractivity contribution < 1.29 is 9.32 Å². The zero-order valence-corrected chi connectivity index (χ0v) is 13.8. The molecule has 1 amide bonds. The van der Waals surface area contributed by atoms with Gasteiger partial charge in [-0.1, -0.05) is 19.0 Å². The summed E-state index contributed by atoms with van der Waals surface area (Å²) in [5, 5.41) is 8.08. The lowest BCUT2D eigenvalue weighted by molar-refractivity contribution is -0.136. The molecule has 0 N–H and O–H groups in total. The van der Waals surface area contributed by atoms with Crippen LogP contribution in [0.15, 0.2) is 21.3 Å². The van der Waals surface area contributed by atoms with Crippen molar-refractivity contribution in [2.75, 3.05) is 13.1 Å². The molecule has 0 aliphatic carbocycles. The molecule has 0 aromatic carbocycles. The molecule has 3 heterocycles. The number of rotatable bonds is 4. The molecule has 0 radical (unpaired) electrons. The van der Waals surface area contributed by atoms with Crippen LogP contribution in [0.5, 0.6) is 0 Å². The van der Waals surface area contributed by atoms with Gasteiger partial charge in [0.15, 0.2) is 0 Å². The van der Waals surface area contributed by atoms with Crippen molar-refractivity contribution in [3.05, 3.63) is 22.7 Å². The lowest BCUT2D eigenvalue weighted by Gasteiger charge is -2.32. The van der Waals surface area contributed by atoms with E-state index >= 15 is 0 Å². The van der Waals surface area contributed by atoms with Gasteiger partial charge in [-0.25, -0.2) is 0 Å². The number of thiophene rings is 1. The van der Waals surface area contributed by atoms with Gasteiger partial charge in [-0.2, -0.15) is 16.3 Å². The third kappa shape index (κ3) is 3.06. The Bertz CT molecular complexity index is 623. The van der Waals surface area contributed by atoms with Crippen LogP contribution >= 0.6 is 11.3 Å². The zero-order chi connectivity index (χ0) is 15.5. The number of nitrogens with zero attached hydrogens (tertiary/aromatic N) is 3. The van der Waals surface area contributed by atoms with Gasteiger partial charge in [-0.3, -0.25) is 4.79 Å². The smallest absolute Gasteiger partial charge is 0.231 e. The van der Waals surface area contributed by atoms with Crippen molar-refractivity contribution in [2.45, 2.75) is 39.0 Å². The second-order valence-electron chi connectivity index (χ2n) is 5.90. The third-order valence-electron chi connectivity index (χ3n) is 4.34. The summed E-state index contributed by atoms with van der Waals surface area (Å²) in [6.07, 6.45) is 2.86. The minimum atomic E-state index is 0.0859. The van der Waals surface area contributed by atoms with E-state index in [0.29, 0.717) is 18.3 Å². The number of amides is 1. The fraction of sp³-hybridized carbons (Fsp3) is 0.562. The molecule has 1 aliphatic rings. The van der Waals surface area contributed by atoms with Crippen molar-refractivity contribution in [3.63, 3.8) is 0 Å². The lowest BCUT2D eigenvalue weighted by Crippen LogP contribution is -2.41. The Morgan fingerprint density at radius 1 is 1.59 bits per heavy atom. The number of hydrogen-bond acceptors (Lipinski definition) is 5. The number of aromatic nitrogens is 2. The number of likely N-dealkylation sites (tertiary alicyclic amines) is 1. The highest BCUT2D eigenvalue weighted by atomic mass is 32.1. The maximum Gasteiger partial charge on any atom is 0.231 e. The van der Waals surface area contributed by atoms with E-state index in [-0.39, 0.29) is 17.7 Å². The summed E-state index contributed by atoms with van der Waals surface area (Å²) < 4.78 is 5.45. The number of hydrogen-bond donors (Lipinski definition) is 0. The Kier molecular flexibility index (Phi) is 4.57. The van der Waals surface area contributed by atoms with E-state index in [1.807, 2.05) is 28.7 Å². The van der Waals surface area contributed by atoms with Crippen LogP contribution in [-0.2, 0) is 4.79 Å². The molecule has 2 aromatic heterocycles. The van der Waals surface area contributed by atoms with Gasteiger partial charge in [0.2, 0.25) is 17.6 Å². The number of carbonyl (C=O) groups excluding carboxylic acids is 1. The van der Waals surface area contributed by atoms with Gasteiger partial charge in [0, 0.05) is 30.0 Å². The first-order valence-corrected chi connectivity index (χ1v) is 8.78. The predicted molar refractivity (Wildman–Crippen MR) is 85.6 cm³/mol. The van der Waals surface area contributed by atoms with E-state index in [4.69, 9.17) is 4.52 Å². The van der Waals surface area contributed by atoms with Gasteiger partial charge < -0.3 is 9.42 Å². The Labute approximate surface area is 134 Å². The molecule has 3 rings (SSSR count). The van der Waals surface area contributed by atoms with Crippen LogP contribution in [0.3, 0.4) is 0 Å². The lowest BCUT2D eigenvalue weighted by atomic mass is 9.96. The maximum atomic E-state index is 12.4. The number of piperidine rings is 1. The van der Waals surface area contributed by atoms with Crippen molar-refractivity contribution in [1.82, 2.24) is 15.0 Å². The van der Waals surface area contributed by atoms with Crippen molar-refractivity contribution in [1.29, 1.82) is 0 Å². The van der Waals surface area contributed by atoms with E-state index in [1.54, 1.807) is 11.3 Å². The molecule has 1 fully saturated rings. The van der Waals surface area contributed by atoms with Crippen LogP contribution in [0.1, 0.15) is 44.9 Å². The first-order chi connectivity index (χ1) is 10.7. The summed E-state index contributed by atoms with van der Waals surface area (Å²) in [7, 11) is 0. The topological polar surface area (TPSA) is 59.2 Å². The average molecular weight is 319 g/mol. The van der Waals surface area contributed by atoms with Crippen LogP contribution in [0.25, 0.3) is 11.4 Å². The van der Waals surface area contributed by atoms with Crippen molar-refractivity contribution >= 4 is 17.2 Å². The average Bonchev–Trinajstić information content (AvgIpc) is 3.24. The first-order valence-electron chi connectivity index (χ1n) is 7.84. The molecule has 22 heavy (non-hydrogen) atoms. The summed E-state index contributed by atoms with van der Waals surface area (Å²) in [5.41, 5.74) is 0.989. The van der Waals surface area contributed by atoms with Gasteiger partial charge in [0.05, 0.1) is 5.92 Å². The normalized spacial score (nSPS) is 20.1. The van der Waals surface area contributed by atoms with Gasteiger partial charge >= 0.3 is 0 Å². The van der Waals surface area contributed by atoms with Crippen LogP contribution in [0.2, 0.25) is 0 Å². The van der Waals surface area contributed by atoms with Gasteiger partial charge in [-0.05, 0) is 30.7 Å². The Morgan fingerprint density at radius 3 is 3.18 bits per heavy atom. The summed E-state index contributed by atoms with van der Waals surface area (Å²) in [6, 6.07) is 1.99. The van der Waals surface area contributed by atoms with Crippen LogP contribution in [0.4, 0.5) is 0 Å². The quantitative estimate of drug-likeness (QED) is 0.864. The molecule has 0 bridgehead atoms. The molecule has 5 nitrogen and oxygen atoms in total. The predicted octanol–water partition coefficient (Wildman–Crippen LogP) is 3.55. The minimum absolute atomic E-state index is 0.0859. The molecule has 0 spiro atoms. The molecule has 2 atom stereocenters. The molecule has 118 valence electrons. The van der Waals surface area contributed by atoms with E-state index in [1.165, 1.54) is 0 Å². The fourth-order valence-electron chi connectivity index (χ4n) is 2.78. The molecule has 2 aromatic rings. The summed E-state index contributed by atoms with van der Waals surface area (Å²) in [5.74, 6) is 1.78. The van der Waals surface area contributed by atoms with E-state index in [2.05, 4.69) is 17.1 Å². The fourth-order valence-corrected chi connectivity index (χ4v) is 3.41. The van der Waals surface area contributed by atoms with Gasteiger partial charge in [-0.15, -0.1) is 0 Å². The van der Waals surface area contributed by atoms with E-state index in [0.717, 1.165) is 31.4 Å². The van der Waals surface area contributed by atoms with Crippen LogP contribution in [0, 0.1) is 5.92 Å². The Balaban J connectivity index is 1.71. The molecule has 0 saturated carbocycles. The molecular formula is C16H21N3O2S. The second kappa shape index (κ2) is 6.60. The van der Waals surface area contributed by atoms with Crippen LogP contribution in [-0.4, -0.2) is 34.0 Å². The maximum absolute atomic E-state index is 12.4. The monoisotopic (exact) mass is 319 g/mol. The Hall–Kier alpha value is -1.69. The molecule has 1 saturated heterocycles. The highest BCUT2D eigenvalue weighted by Crippen LogP contribution is 2.29. The minimum Gasteiger partial charge on any atom is -0.342 e. The Morgan fingerprint density at radius 2 is 2.45 bits per heavy atom. The highest BCUT2D eigenvalue weighted by molar-refractivity contribution is 7.08. The highest BCUT2D eigenvalue weighted by Gasteiger charge is 2.30. The standard InChI is InChI=1S/C16H21N3O2S/c1-3-11(2)16(20)19-7-4-5-12(9-19)15-17-14(18-21-15)13-6-8-22-10-13/h6,8,10-12H,3-5,7,9H2,1-2H3/t11-,12-/m1/s1.